The molecule has 0 aromatic heterocycles. The molecule has 12 heavy (non-hydrogen) atoms. The van der Waals surface area contributed by atoms with Gasteiger partial charge in [-0.1, -0.05) is 18.2 Å². The maximum absolute atomic E-state index is 11.1. The summed E-state index contributed by atoms with van der Waals surface area (Å²) in [5.41, 5.74) is 1.37. The van der Waals surface area contributed by atoms with E-state index in [-0.39, 0.29) is 5.91 Å². The van der Waals surface area contributed by atoms with Gasteiger partial charge in [0.2, 0.25) is 0 Å². The second kappa shape index (κ2) is 2.58. The number of carbonyl (C=O) groups excluding carboxylic acids is 1. The van der Waals surface area contributed by atoms with Gasteiger partial charge >= 0.3 is 0 Å². The van der Waals surface area contributed by atoms with Crippen LogP contribution >= 0.6 is 0 Å². The molecule has 1 heterocycles. The van der Waals surface area contributed by atoms with Gasteiger partial charge in [0.1, 0.15) is 0 Å². The minimum absolute atomic E-state index is 0.335. The van der Waals surface area contributed by atoms with Gasteiger partial charge in [0.05, 0.1) is 0 Å². The van der Waals surface area contributed by atoms with E-state index >= 15 is 0 Å². The molecule has 2 N–H and O–H groups in total. The Hall–Kier alpha value is -1.39. The van der Waals surface area contributed by atoms with Crippen molar-refractivity contribution in [2.24, 2.45) is 0 Å². The fourth-order valence-corrected chi connectivity index (χ4v) is 1.28. The van der Waals surface area contributed by atoms with Crippen LogP contribution in [0.1, 0.15) is 11.7 Å². The molecule has 62 valence electrons. The fraction of sp³-hybridized carbons (Fsp3) is 0.125. The zero-order valence-electron chi connectivity index (χ0n) is 6.15. The first kappa shape index (κ1) is 7.27. The van der Waals surface area contributed by atoms with Gasteiger partial charge in [0, 0.05) is 11.3 Å². The summed E-state index contributed by atoms with van der Waals surface area (Å²) < 4.78 is 0. The summed E-state index contributed by atoms with van der Waals surface area (Å²) in [5, 5.41) is 11.0. The average Bonchev–Trinajstić information content (AvgIpc) is 2.40. The summed E-state index contributed by atoms with van der Waals surface area (Å²) >= 11 is 0. The molecule has 1 atom stereocenters. The zero-order valence-corrected chi connectivity index (χ0v) is 6.15. The first-order valence-electron chi connectivity index (χ1n) is 3.53. The van der Waals surface area contributed by atoms with Gasteiger partial charge in [-0.3, -0.25) is 10.1 Å². The standard InChI is InChI=1S/C8H7NO3/c10-8-7(12-11)5-3-1-2-4-6(5)9-8/h1-4,7,11H,(H,9,10). The van der Waals surface area contributed by atoms with Crippen LogP contribution in [0.25, 0.3) is 0 Å². The van der Waals surface area contributed by atoms with E-state index < -0.39 is 6.10 Å². The Kier molecular flexibility index (Phi) is 1.56. The smallest absolute Gasteiger partial charge is 0.261 e. The number of benzene rings is 1. The number of carbonyl (C=O) groups is 1. The quantitative estimate of drug-likeness (QED) is 0.485. The van der Waals surface area contributed by atoms with E-state index in [0.29, 0.717) is 11.3 Å². The van der Waals surface area contributed by atoms with Gasteiger partial charge in [0.15, 0.2) is 6.10 Å². The Balaban J connectivity index is 2.47. The van der Waals surface area contributed by atoms with Crippen LogP contribution in [0.4, 0.5) is 5.69 Å². The minimum atomic E-state index is -0.874. The van der Waals surface area contributed by atoms with Crippen molar-refractivity contribution in [3.05, 3.63) is 29.8 Å². The Morgan fingerprint density at radius 1 is 1.42 bits per heavy atom. The van der Waals surface area contributed by atoms with E-state index in [1.165, 1.54) is 0 Å². The molecule has 1 aromatic carbocycles. The summed E-state index contributed by atoms with van der Waals surface area (Å²) in [6.45, 7) is 0. The van der Waals surface area contributed by atoms with E-state index in [2.05, 4.69) is 10.2 Å². The van der Waals surface area contributed by atoms with Crippen molar-refractivity contribution < 1.29 is 14.9 Å². The van der Waals surface area contributed by atoms with Gasteiger partial charge in [-0.05, 0) is 6.07 Å². The van der Waals surface area contributed by atoms with Crippen LogP contribution in [0.2, 0.25) is 0 Å². The maximum Gasteiger partial charge on any atom is 0.261 e. The van der Waals surface area contributed by atoms with Crippen molar-refractivity contribution >= 4 is 11.6 Å². The first-order valence-corrected chi connectivity index (χ1v) is 3.53. The third-order valence-electron chi connectivity index (χ3n) is 1.84. The molecule has 0 aliphatic carbocycles. The van der Waals surface area contributed by atoms with Crippen LogP contribution in [0.3, 0.4) is 0 Å². The number of fused-ring (bicyclic) bond motifs is 1. The topological polar surface area (TPSA) is 58.6 Å². The lowest BCUT2D eigenvalue weighted by Crippen LogP contribution is -2.13. The molecule has 0 radical (unpaired) electrons. The highest BCUT2D eigenvalue weighted by molar-refractivity contribution is 6.01. The second-order valence-corrected chi connectivity index (χ2v) is 2.56. The highest BCUT2D eigenvalue weighted by Crippen LogP contribution is 2.31. The molecule has 1 unspecified atom stereocenters. The predicted octanol–water partition coefficient (Wildman–Crippen LogP) is 1.17. The molecule has 1 amide bonds. The van der Waals surface area contributed by atoms with Crippen molar-refractivity contribution in [2.75, 3.05) is 5.32 Å². The molecular formula is C8H7NO3. The van der Waals surface area contributed by atoms with Crippen LogP contribution in [-0.2, 0) is 9.68 Å². The second-order valence-electron chi connectivity index (χ2n) is 2.56. The summed E-state index contributed by atoms with van der Waals surface area (Å²) in [7, 11) is 0. The van der Waals surface area contributed by atoms with Gasteiger partial charge in [-0.15, -0.1) is 0 Å². The third kappa shape index (κ3) is 0.895. The maximum atomic E-state index is 11.1. The Labute approximate surface area is 68.7 Å². The summed E-state index contributed by atoms with van der Waals surface area (Å²) in [4.78, 5) is 15.1. The minimum Gasteiger partial charge on any atom is -0.323 e. The lowest BCUT2D eigenvalue weighted by Gasteiger charge is -2.01. The number of anilines is 1. The lowest BCUT2D eigenvalue weighted by atomic mass is 10.1. The van der Waals surface area contributed by atoms with E-state index in [1.54, 1.807) is 24.3 Å². The van der Waals surface area contributed by atoms with Gasteiger partial charge in [0.25, 0.3) is 5.91 Å². The van der Waals surface area contributed by atoms with Crippen molar-refractivity contribution in [3.8, 4) is 0 Å². The number of amides is 1. The van der Waals surface area contributed by atoms with Crippen molar-refractivity contribution in [1.82, 2.24) is 0 Å². The summed E-state index contributed by atoms with van der Waals surface area (Å²) in [5.74, 6) is -0.335. The average molecular weight is 165 g/mol. The highest BCUT2D eigenvalue weighted by atomic mass is 17.1. The van der Waals surface area contributed by atoms with Gasteiger partial charge in [-0.25, -0.2) is 4.89 Å². The molecule has 2 rings (SSSR count). The molecule has 0 fully saturated rings. The van der Waals surface area contributed by atoms with E-state index in [1.807, 2.05) is 0 Å². The monoisotopic (exact) mass is 165 g/mol. The van der Waals surface area contributed by atoms with Gasteiger partial charge < -0.3 is 5.32 Å². The Morgan fingerprint density at radius 2 is 2.17 bits per heavy atom. The van der Waals surface area contributed by atoms with E-state index in [0.717, 1.165) is 0 Å². The van der Waals surface area contributed by atoms with Gasteiger partial charge in [-0.2, -0.15) is 0 Å². The summed E-state index contributed by atoms with van der Waals surface area (Å²) in [6.07, 6.45) is -0.874. The van der Waals surface area contributed by atoms with Crippen molar-refractivity contribution in [3.63, 3.8) is 0 Å². The number of para-hydroxylation sites is 1. The number of rotatable bonds is 1. The molecule has 0 saturated heterocycles. The molecule has 0 spiro atoms. The molecule has 0 saturated carbocycles. The SMILES string of the molecule is O=C1Nc2ccccc2C1OO. The van der Waals surface area contributed by atoms with Crippen LogP contribution in [-0.4, -0.2) is 11.2 Å². The molecule has 4 heteroatoms. The first-order chi connectivity index (χ1) is 5.83. The van der Waals surface area contributed by atoms with Crippen LogP contribution in [0, 0.1) is 0 Å². The van der Waals surface area contributed by atoms with Crippen LogP contribution < -0.4 is 5.32 Å². The molecule has 1 aliphatic rings. The van der Waals surface area contributed by atoms with Crippen molar-refractivity contribution in [1.29, 1.82) is 0 Å². The molecule has 4 nitrogen and oxygen atoms in total. The van der Waals surface area contributed by atoms with E-state index in [9.17, 15) is 4.79 Å². The van der Waals surface area contributed by atoms with Crippen molar-refractivity contribution in [2.45, 2.75) is 6.10 Å². The largest absolute Gasteiger partial charge is 0.323 e. The molecular weight excluding hydrogens is 158 g/mol. The van der Waals surface area contributed by atoms with Crippen LogP contribution in [0.5, 0.6) is 0 Å². The van der Waals surface area contributed by atoms with Crippen LogP contribution in [0.15, 0.2) is 24.3 Å². The molecule has 0 bridgehead atoms. The molecule has 1 aliphatic heterocycles. The van der Waals surface area contributed by atoms with E-state index in [4.69, 9.17) is 5.26 Å². The number of hydrogen-bond acceptors (Lipinski definition) is 3. The Bertz CT molecular complexity index is 324. The Morgan fingerprint density at radius 3 is 2.92 bits per heavy atom. The lowest BCUT2D eigenvalue weighted by molar-refractivity contribution is -0.271. The number of hydrogen-bond donors (Lipinski definition) is 2. The highest BCUT2D eigenvalue weighted by Gasteiger charge is 2.31. The molecule has 1 aromatic rings. The third-order valence-corrected chi connectivity index (χ3v) is 1.84. The zero-order chi connectivity index (χ0) is 8.55. The predicted molar refractivity (Wildman–Crippen MR) is 41.5 cm³/mol. The summed E-state index contributed by atoms with van der Waals surface area (Å²) in [6, 6.07) is 7.07. The fourth-order valence-electron chi connectivity index (χ4n) is 1.28. The normalized spacial score (nSPS) is 20.4. The number of nitrogens with one attached hydrogen (secondary N) is 1.